The smallest absolute Gasteiger partial charge is 0.232 e. The van der Waals surface area contributed by atoms with Gasteiger partial charge in [-0.25, -0.2) is 0 Å². The molecule has 0 atom stereocenters. The first-order chi connectivity index (χ1) is 18.9. The van der Waals surface area contributed by atoms with Crippen molar-refractivity contribution in [2.45, 2.75) is 18.5 Å². The first kappa shape index (κ1) is 28.2. The number of hydrogen-bond donors (Lipinski definition) is 3. The molecule has 3 aromatic rings. The maximum atomic E-state index is 12.9. The number of amides is 1. The van der Waals surface area contributed by atoms with E-state index in [1.54, 1.807) is 49.6 Å². The van der Waals surface area contributed by atoms with Crippen molar-refractivity contribution in [2.75, 3.05) is 25.5 Å². The first-order valence-corrected chi connectivity index (χ1v) is 13.1. The van der Waals surface area contributed by atoms with Crippen LogP contribution in [0.25, 0.3) is 0 Å². The average molecular weight is 587 g/mol. The van der Waals surface area contributed by atoms with Crippen LogP contribution >= 0.6 is 35.4 Å². The summed E-state index contributed by atoms with van der Waals surface area (Å²) in [5.74, 6) is 1.26. The van der Waals surface area contributed by atoms with Gasteiger partial charge in [0.25, 0.3) is 0 Å². The van der Waals surface area contributed by atoms with Gasteiger partial charge in [-0.3, -0.25) is 4.79 Å². The van der Waals surface area contributed by atoms with E-state index in [2.05, 4.69) is 36.6 Å². The SMILES string of the molecule is COc1cccc(NC(=S)NCCCNC(=O)CC2(c3ccccc3Oc3ccc(Cl)cc3Cl)N=NN=N2)c1. The molecule has 1 amide bonds. The summed E-state index contributed by atoms with van der Waals surface area (Å²) in [7, 11) is 1.61. The van der Waals surface area contributed by atoms with E-state index >= 15 is 0 Å². The number of methoxy groups -OCH3 is 1. The molecule has 0 spiro atoms. The maximum Gasteiger partial charge on any atom is 0.232 e. The molecule has 0 aliphatic carbocycles. The molecule has 1 heterocycles. The number of anilines is 1. The standard InChI is InChI=1S/C26H25Cl2N7O3S/c1-37-19-7-4-6-18(15-19)31-25(39)30-13-5-12-29-24(36)16-26(32-34-35-33-26)20-8-2-3-9-22(20)38-23-11-10-17(27)14-21(23)28/h2-4,6-11,14-15H,5,12-13,16H2,1H3,(H,29,36)(H2,30,31,39). The maximum absolute atomic E-state index is 12.9. The van der Waals surface area contributed by atoms with Crippen LogP contribution in [0.3, 0.4) is 0 Å². The summed E-state index contributed by atoms with van der Waals surface area (Å²) in [6.45, 7) is 0.968. The number of rotatable bonds is 11. The Hall–Kier alpha value is -3.80. The van der Waals surface area contributed by atoms with Crippen molar-refractivity contribution in [3.8, 4) is 17.2 Å². The van der Waals surface area contributed by atoms with E-state index < -0.39 is 5.66 Å². The molecule has 1 aliphatic heterocycles. The van der Waals surface area contributed by atoms with Crippen LogP contribution in [0.2, 0.25) is 10.0 Å². The van der Waals surface area contributed by atoms with Gasteiger partial charge < -0.3 is 25.4 Å². The largest absolute Gasteiger partial charge is 0.497 e. The Morgan fingerprint density at radius 3 is 2.49 bits per heavy atom. The van der Waals surface area contributed by atoms with E-state index in [1.807, 2.05) is 24.3 Å². The van der Waals surface area contributed by atoms with Crippen molar-refractivity contribution in [2.24, 2.45) is 20.7 Å². The number of nitrogens with one attached hydrogen (secondary N) is 3. The zero-order valence-electron chi connectivity index (χ0n) is 20.9. The predicted molar refractivity (Wildman–Crippen MR) is 154 cm³/mol. The van der Waals surface area contributed by atoms with Gasteiger partial charge in [-0.2, -0.15) is 0 Å². The topological polar surface area (TPSA) is 121 Å². The highest BCUT2D eigenvalue weighted by Gasteiger charge is 2.40. The second kappa shape index (κ2) is 13.3. The Morgan fingerprint density at radius 1 is 0.949 bits per heavy atom. The first-order valence-electron chi connectivity index (χ1n) is 11.9. The molecule has 4 rings (SSSR count). The Labute approximate surface area is 240 Å². The monoisotopic (exact) mass is 585 g/mol. The van der Waals surface area contributed by atoms with E-state index in [4.69, 9.17) is 44.9 Å². The van der Waals surface area contributed by atoms with Gasteiger partial charge in [0.2, 0.25) is 11.6 Å². The molecule has 0 saturated heterocycles. The van der Waals surface area contributed by atoms with Gasteiger partial charge in [-0.1, -0.05) is 47.5 Å². The molecule has 0 unspecified atom stereocenters. The van der Waals surface area contributed by atoms with Crippen LogP contribution in [-0.2, 0) is 10.5 Å². The summed E-state index contributed by atoms with van der Waals surface area (Å²) in [5, 5.41) is 26.1. The van der Waals surface area contributed by atoms with Gasteiger partial charge in [0.15, 0.2) is 5.11 Å². The third kappa shape index (κ3) is 7.62. The zero-order chi connectivity index (χ0) is 27.7. The van der Waals surface area contributed by atoms with E-state index in [0.717, 1.165) is 11.4 Å². The van der Waals surface area contributed by atoms with E-state index in [-0.39, 0.29) is 12.3 Å². The van der Waals surface area contributed by atoms with Crippen LogP contribution in [0.1, 0.15) is 18.4 Å². The van der Waals surface area contributed by atoms with Gasteiger partial charge >= 0.3 is 0 Å². The molecule has 0 bridgehead atoms. The van der Waals surface area contributed by atoms with Crippen molar-refractivity contribution >= 4 is 52.1 Å². The average Bonchev–Trinajstić information content (AvgIpc) is 3.39. The van der Waals surface area contributed by atoms with Crippen molar-refractivity contribution in [3.05, 3.63) is 82.3 Å². The normalized spacial score (nSPS) is 13.1. The number of ether oxygens (including phenoxy) is 2. The van der Waals surface area contributed by atoms with Gasteiger partial charge in [-0.05, 0) is 65.5 Å². The second-order valence-electron chi connectivity index (χ2n) is 8.36. The van der Waals surface area contributed by atoms with Crippen molar-refractivity contribution in [3.63, 3.8) is 0 Å². The number of nitrogens with zero attached hydrogens (tertiary/aromatic N) is 4. The highest BCUT2D eigenvalue weighted by Crippen LogP contribution is 2.43. The molecule has 3 N–H and O–H groups in total. The lowest BCUT2D eigenvalue weighted by molar-refractivity contribution is -0.122. The lowest BCUT2D eigenvalue weighted by Crippen LogP contribution is -2.34. The summed E-state index contributed by atoms with van der Waals surface area (Å²) < 4.78 is 11.3. The molecular formula is C26H25Cl2N7O3S. The third-order valence-corrected chi connectivity index (χ3v) is 6.37. The Morgan fingerprint density at radius 2 is 1.72 bits per heavy atom. The lowest BCUT2D eigenvalue weighted by Gasteiger charge is -2.22. The second-order valence-corrected chi connectivity index (χ2v) is 9.61. The Kier molecular flexibility index (Phi) is 9.64. The minimum absolute atomic E-state index is 0.113. The van der Waals surface area contributed by atoms with E-state index in [9.17, 15) is 4.79 Å². The van der Waals surface area contributed by atoms with Gasteiger partial charge in [-0.15, -0.1) is 10.2 Å². The fraction of sp³-hybridized carbons (Fsp3) is 0.231. The van der Waals surface area contributed by atoms with Crippen LogP contribution in [0.4, 0.5) is 5.69 Å². The van der Waals surface area contributed by atoms with Crippen molar-refractivity contribution in [1.29, 1.82) is 0 Å². The van der Waals surface area contributed by atoms with Crippen molar-refractivity contribution < 1.29 is 14.3 Å². The number of para-hydroxylation sites is 1. The highest BCUT2D eigenvalue weighted by atomic mass is 35.5. The van der Waals surface area contributed by atoms with E-state index in [0.29, 0.717) is 51.7 Å². The Bertz CT molecular complexity index is 1390. The summed E-state index contributed by atoms with van der Waals surface area (Å²) >= 11 is 17.6. The fourth-order valence-corrected chi connectivity index (χ4v) is 4.39. The summed E-state index contributed by atoms with van der Waals surface area (Å²) in [6, 6.07) is 19.4. The molecule has 39 heavy (non-hydrogen) atoms. The molecule has 0 aromatic heterocycles. The molecule has 13 heteroatoms. The summed E-state index contributed by atoms with van der Waals surface area (Å²) in [4.78, 5) is 12.9. The number of benzene rings is 3. The molecule has 0 saturated carbocycles. The molecule has 0 fully saturated rings. The van der Waals surface area contributed by atoms with Gasteiger partial charge in [0.05, 0.1) is 18.6 Å². The number of hydrogen-bond acceptors (Lipinski definition) is 8. The van der Waals surface area contributed by atoms with Crippen LogP contribution in [0.15, 0.2) is 87.4 Å². The molecule has 202 valence electrons. The summed E-state index contributed by atoms with van der Waals surface area (Å²) in [5.41, 5.74) is -0.0280. The van der Waals surface area contributed by atoms with Crippen LogP contribution in [0.5, 0.6) is 17.2 Å². The van der Waals surface area contributed by atoms with Crippen molar-refractivity contribution in [1.82, 2.24) is 10.6 Å². The summed E-state index contributed by atoms with van der Waals surface area (Å²) in [6.07, 6.45) is 0.522. The molecule has 3 aromatic carbocycles. The molecule has 1 aliphatic rings. The zero-order valence-corrected chi connectivity index (χ0v) is 23.2. The van der Waals surface area contributed by atoms with Crippen LogP contribution in [0, 0.1) is 0 Å². The third-order valence-electron chi connectivity index (χ3n) is 5.59. The predicted octanol–water partition coefficient (Wildman–Crippen LogP) is 6.66. The lowest BCUT2D eigenvalue weighted by atomic mass is 9.96. The molecule has 0 radical (unpaired) electrons. The molecule has 10 nitrogen and oxygen atoms in total. The number of carbonyl (C=O) groups excluding carboxylic acids is 1. The van der Waals surface area contributed by atoms with E-state index in [1.165, 1.54) is 0 Å². The van der Waals surface area contributed by atoms with Crippen LogP contribution < -0.4 is 25.4 Å². The van der Waals surface area contributed by atoms with Gasteiger partial charge in [0, 0.05) is 35.4 Å². The number of halogens is 2. The van der Waals surface area contributed by atoms with Gasteiger partial charge in [0.1, 0.15) is 17.2 Å². The minimum Gasteiger partial charge on any atom is -0.497 e. The quantitative estimate of drug-likeness (QED) is 0.171. The fourth-order valence-electron chi connectivity index (χ4n) is 3.73. The number of carbonyl (C=O) groups is 1. The highest BCUT2D eigenvalue weighted by molar-refractivity contribution is 7.80. The number of thiocarbonyl (C=S) groups is 1. The van der Waals surface area contributed by atoms with Crippen LogP contribution in [-0.4, -0.2) is 31.2 Å². The molecular weight excluding hydrogens is 561 g/mol. The Balaban J connectivity index is 1.31. The minimum atomic E-state index is -1.36.